The highest BCUT2D eigenvalue weighted by molar-refractivity contribution is 6.31. The van der Waals surface area contributed by atoms with Crippen molar-refractivity contribution in [2.24, 2.45) is 0 Å². The van der Waals surface area contributed by atoms with E-state index < -0.39 is 5.82 Å². The normalized spacial score (nSPS) is 18.3. The molecule has 1 saturated heterocycles. The number of benzene rings is 3. The molecule has 0 aliphatic carbocycles. The topological polar surface area (TPSA) is 34.6 Å². The lowest BCUT2D eigenvalue weighted by Crippen LogP contribution is -2.45. The zero-order valence-electron chi connectivity index (χ0n) is 19.4. The molecule has 1 aliphatic heterocycles. The summed E-state index contributed by atoms with van der Waals surface area (Å²) in [7, 11) is 1.67. The van der Waals surface area contributed by atoms with Crippen LogP contribution in [0.2, 0.25) is 5.02 Å². The van der Waals surface area contributed by atoms with Gasteiger partial charge in [0, 0.05) is 41.5 Å². The van der Waals surface area contributed by atoms with Crippen molar-refractivity contribution in [1.29, 1.82) is 0 Å². The van der Waals surface area contributed by atoms with Gasteiger partial charge in [0.1, 0.15) is 11.6 Å². The maximum absolute atomic E-state index is 13.7. The van der Waals surface area contributed by atoms with Gasteiger partial charge in [-0.2, -0.15) is 0 Å². The monoisotopic (exact) mass is 476 g/mol. The van der Waals surface area contributed by atoms with Crippen LogP contribution in [0.15, 0.2) is 66.9 Å². The van der Waals surface area contributed by atoms with Crippen LogP contribution in [0.25, 0.3) is 33.2 Å². The van der Waals surface area contributed by atoms with Gasteiger partial charge in [-0.1, -0.05) is 41.9 Å². The van der Waals surface area contributed by atoms with Crippen LogP contribution in [0, 0.1) is 5.82 Å². The molecule has 0 saturated carbocycles. The van der Waals surface area contributed by atoms with Crippen LogP contribution >= 0.6 is 11.6 Å². The van der Waals surface area contributed by atoms with Gasteiger partial charge in [0.25, 0.3) is 0 Å². The number of rotatable bonds is 4. The Labute approximate surface area is 203 Å². The third-order valence-electron chi connectivity index (χ3n) is 6.25. The molecule has 5 rings (SSSR count). The Balaban J connectivity index is 1.54. The Morgan fingerprint density at radius 2 is 1.68 bits per heavy atom. The maximum Gasteiger partial charge on any atom is 0.141 e. The number of para-hydroxylation sites is 1. The minimum absolute atomic E-state index is 0.0854. The van der Waals surface area contributed by atoms with Crippen LogP contribution in [-0.4, -0.2) is 37.4 Å². The van der Waals surface area contributed by atoms with E-state index in [-0.39, 0.29) is 17.2 Å². The van der Waals surface area contributed by atoms with E-state index in [4.69, 9.17) is 26.1 Å². The van der Waals surface area contributed by atoms with Gasteiger partial charge >= 0.3 is 0 Å². The Morgan fingerprint density at radius 1 is 0.971 bits per heavy atom. The minimum atomic E-state index is -0.442. The summed E-state index contributed by atoms with van der Waals surface area (Å²) in [6.45, 7) is 5.97. The molecule has 6 heteroatoms. The van der Waals surface area contributed by atoms with Crippen LogP contribution in [0.3, 0.4) is 0 Å². The Morgan fingerprint density at radius 3 is 2.35 bits per heavy atom. The number of fused-ring (bicyclic) bond motifs is 1. The summed E-state index contributed by atoms with van der Waals surface area (Å²) >= 11 is 6.03. The number of hydrogen-bond acceptors (Lipinski definition) is 4. The van der Waals surface area contributed by atoms with Gasteiger partial charge in [0.05, 0.1) is 29.9 Å². The van der Waals surface area contributed by atoms with Gasteiger partial charge in [-0.15, -0.1) is 0 Å². The van der Waals surface area contributed by atoms with Crippen molar-refractivity contribution in [2.75, 3.05) is 25.1 Å². The van der Waals surface area contributed by atoms with Crippen molar-refractivity contribution in [3.8, 4) is 28.0 Å². The van der Waals surface area contributed by atoms with Crippen LogP contribution in [0.5, 0.6) is 5.75 Å². The van der Waals surface area contributed by atoms with Gasteiger partial charge in [-0.25, -0.2) is 4.39 Å². The van der Waals surface area contributed by atoms with Crippen molar-refractivity contribution < 1.29 is 13.9 Å². The number of anilines is 1. The second kappa shape index (κ2) is 9.24. The van der Waals surface area contributed by atoms with E-state index in [1.54, 1.807) is 19.2 Å². The fourth-order valence-corrected chi connectivity index (χ4v) is 4.94. The number of pyridine rings is 1. The van der Waals surface area contributed by atoms with Gasteiger partial charge < -0.3 is 14.4 Å². The number of aromatic nitrogens is 1. The average Bonchev–Trinajstić information content (AvgIpc) is 2.84. The molecule has 4 nitrogen and oxygen atoms in total. The van der Waals surface area contributed by atoms with Crippen molar-refractivity contribution in [2.45, 2.75) is 26.1 Å². The van der Waals surface area contributed by atoms with Crippen molar-refractivity contribution in [3.63, 3.8) is 0 Å². The van der Waals surface area contributed by atoms with E-state index in [0.717, 1.165) is 52.0 Å². The zero-order chi connectivity index (χ0) is 23.8. The summed E-state index contributed by atoms with van der Waals surface area (Å²) in [5.41, 5.74) is 5.57. The number of morpholine rings is 1. The van der Waals surface area contributed by atoms with E-state index in [1.807, 2.05) is 24.4 Å². The summed E-state index contributed by atoms with van der Waals surface area (Å²) in [6.07, 6.45) is 2.25. The molecule has 0 N–H and O–H groups in total. The number of hydrogen-bond donors (Lipinski definition) is 0. The number of methoxy groups -OCH3 is 1. The molecule has 0 spiro atoms. The van der Waals surface area contributed by atoms with Crippen LogP contribution in [-0.2, 0) is 4.74 Å². The van der Waals surface area contributed by atoms with Crippen LogP contribution < -0.4 is 9.64 Å². The first-order chi connectivity index (χ1) is 16.4. The molecule has 2 atom stereocenters. The quantitative estimate of drug-likeness (QED) is 0.318. The van der Waals surface area contributed by atoms with E-state index >= 15 is 0 Å². The lowest BCUT2D eigenvalue weighted by atomic mass is 9.98. The molecule has 1 fully saturated rings. The van der Waals surface area contributed by atoms with Gasteiger partial charge in [0.15, 0.2) is 0 Å². The molecule has 4 aromatic rings. The van der Waals surface area contributed by atoms with Gasteiger partial charge in [-0.3, -0.25) is 4.98 Å². The zero-order valence-corrected chi connectivity index (χ0v) is 20.1. The Kier molecular flexibility index (Phi) is 6.15. The average molecular weight is 477 g/mol. The third-order valence-corrected chi connectivity index (χ3v) is 6.54. The third kappa shape index (κ3) is 4.22. The predicted octanol–water partition coefficient (Wildman–Crippen LogP) is 6.98. The lowest BCUT2D eigenvalue weighted by molar-refractivity contribution is -0.00521. The largest absolute Gasteiger partial charge is 0.495 e. The van der Waals surface area contributed by atoms with Crippen LogP contribution in [0.4, 0.5) is 10.1 Å². The molecule has 2 unspecified atom stereocenters. The van der Waals surface area contributed by atoms with E-state index in [1.165, 1.54) is 11.8 Å². The first-order valence-corrected chi connectivity index (χ1v) is 11.7. The minimum Gasteiger partial charge on any atom is -0.495 e. The molecule has 1 aliphatic rings. The first kappa shape index (κ1) is 22.6. The predicted molar refractivity (Wildman–Crippen MR) is 136 cm³/mol. The standard InChI is InChI=1S/C28H26ClFN2O2/c1-17-15-32(16-18(2)34-17)21-10-7-19(8-11-21)24-14-31-27-22(5-4-6-23(27)28(24)33-3)20-9-12-26(30)25(29)13-20/h4-14,17-18H,15-16H2,1-3H3. The van der Waals surface area contributed by atoms with Gasteiger partial charge in [0.2, 0.25) is 0 Å². The molecule has 2 heterocycles. The van der Waals surface area contributed by atoms with E-state index in [0.29, 0.717) is 0 Å². The number of nitrogens with zero attached hydrogens (tertiary/aromatic N) is 2. The maximum atomic E-state index is 13.7. The summed E-state index contributed by atoms with van der Waals surface area (Å²) in [6, 6.07) is 19.1. The lowest BCUT2D eigenvalue weighted by Gasteiger charge is -2.36. The fourth-order valence-electron chi connectivity index (χ4n) is 4.76. The number of halogens is 2. The van der Waals surface area contributed by atoms with Crippen molar-refractivity contribution in [1.82, 2.24) is 4.98 Å². The summed E-state index contributed by atoms with van der Waals surface area (Å²) in [5.74, 6) is 0.310. The van der Waals surface area contributed by atoms with E-state index in [9.17, 15) is 4.39 Å². The first-order valence-electron chi connectivity index (χ1n) is 11.4. The fraction of sp³-hybridized carbons (Fsp3) is 0.250. The molecular weight excluding hydrogens is 451 g/mol. The molecule has 174 valence electrons. The van der Waals surface area contributed by atoms with Gasteiger partial charge in [-0.05, 0) is 55.3 Å². The SMILES string of the molecule is COc1c(-c2ccc(N3CC(C)OC(C)C3)cc2)cnc2c(-c3ccc(F)c(Cl)c3)cccc12. The highest BCUT2D eigenvalue weighted by Gasteiger charge is 2.22. The summed E-state index contributed by atoms with van der Waals surface area (Å²) in [4.78, 5) is 7.14. The summed E-state index contributed by atoms with van der Waals surface area (Å²) < 4.78 is 25.4. The molecule has 0 amide bonds. The second-order valence-corrected chi connectivity index (χ2v) is 9.15. The Bertz CT molecular complexity index is 1330. The molecule has 0 bridgehead atoms. The molecule has 1 aromatic heterocycles. The highest BCUT2D eigenvalue weighted by Crippen LogP contribution is 2.39. The molecule has 34 heavy (non-hydrogen) atoms. The second-order valence-electron chi connectivity index (χ2n) is 8.74. The highest BCUT2D eigenvalue weighted by atomic mass is 35.5. The van der Waals surface area contributed by atoms with Crippen molar-refractivity contribution >= 4 is 28.2 Å². The molecule has 3 aromatic carbocycles. The smallest absolute Gasteiger partial charge is 0.141 e. The van der Waals surface area contributed by atoms with E-state index in [2.05, 4.69) is 43.0 Å². The number of ether oxygens (including phenoxy) is 2. The molecular formula is C28H26ClFN2O2. The van der Waals surface area contributed by atoms with Crippen molar-refractivity contribution in [3.05, 3.63) is 77.7 Å². The Hall–Kier alpha value is -3.15. The molecule has 0 radical (unpaired) electrons. The summed E-state index contributed by atoms with van der Waals surface area (Å²) in [5, 5.41) is 0.972. The van der Waals surface area contributed by atoms with Crippen LogP contribution in [0.1, 0.15) is 13.8 Å².